The van der Waals surface area contributed by atoms with Crippen LogP contribution < -0.4 is 0 Å². The summed E-state index contributed by atoms with van der Waals surface area (Å²) in [6, 6.07) is 8.91. The quantitative estimate of drug-likeness (QED) is 0.147. The van der Waals surface area contributed by atoms with Crippen LogP contribution in [0.25, 0.3) is 6.08 Å². The maximum atomic E-state index is 12.4. The highest BCUT2D eigenvalue weighted by molar-refractivity contribution is 5.91. The Morgan fingerprint density at radius 2 is 1.47 bits per heavy atom. The number of hydrogen-bond acceptors (Lipinski definition) is 4. The zero-order chi connectivity index (χ0) is 23.5. The summed E-state index contributed by atoms with van der Waals surface area (Å²) in [5.74, 6) is -1.07. The second-order valence-corrected chi connectivity index (χ2v) is 7.98. The number of Topliss-reactive ketones (excluding diaryl/α,β-unsaturated/α-hetero) is 1. The lowest BCUT2D eigenvalue weighted by molar-refractivity contribution is -0.140. The smallest absolute Gasteiger partial charge is 0.202 e. The number of allylic oxidation sites excluding steroid dienone is 6. The van der Waals surface area contributed by atoms with Crippen LogP contribution in [0.15, 0.2) is 72.5 Å². The third-order valence-electron chi connectivity index (χ3n) is 5.27. The highest BCUT2D eigenvalue weighted by Gasteiger charge is 2.39. The molecule has 0 aromatic heterocycles. The number of carbonyl (C=O) groups is 1. The highest BCUT2D eigenvalue weighted by Crippen LogP contribution is 2.22. The van der Waals surface area contributed by atoms with Gasteiger partial charge in [0.15, 0.2) is 5.78 Å². The Labute approximate surface area is 193 Å². The van der Waals surface area contributed by atoms with Gasteiger partial charge in [0.1, 0.15) is 5.76 Å². The molecule has 4 nitrogen and oxygen atoms in total. The Hall–Kier alpha value is -2.43. The van der Waals surface area contributed by atoms with E-state index in [0.29, 0.717) is 12.0 Å². The van der Waals surface area contributed by atoms with E-state index in [-0.39, 0.29) is 6.42 Å². The Morgan fingerprint density at radius 3 is 2.12 bits per heavy atom. The number of unbranched alkanes of at least 4 members (excludes halogenated alkanes) is 5. The summed E-state index contributed by atoms with van der Waals surface area (Å²) in [6.45, 7) is 1.30. The van der Waals surface area contributed by atoms with Crippen molar-refractivity contribution in [3.63, 3.8) is 0 Å². The first-order valence-corrected chi connectivity index (χ1v) is 11.8. The van der Waals surface area contributed by atoms with Crippen molar-refractivity contribution in [2.45, 2.75) is 76.7 Å². The molecule has 0 fully saturated rings. The van der Waals surface area contributed by atoms with Gasteiger partial charge in [-0.25, -0.2) is 0 Å². The lowest BCUT2D eigenvalue weighted by Crippen LogP contribution is -2.44. The minimum atomic E-state index is -2.23. The monoisotopic (exact) mass is 440 g/mol. The zero-order valence-electron chi connectivity index (χ0n) is 19.5. The first-order chi connectivity index (χ1) is 15.5. The van der Waals surface area contributed by atoms with Crippen molar-refractivity contribution in [2.24, 2.45) is 0 Å². The summed E-state index contributed by atoms with van der Waals surface area (Å²) in [7, 11) is 0. The fourth-order valence-electron chi connectivity index (χ4n) is 3.25. The van der Waals surface area contributed by atoms with Gasteiger partial charge in [-0.1, -0.05) is 93.0 Å². The molecule has 0 saturated carbocycles. The molecule has 0 heterocycles. The average Bonchev–Trinajstić information content (AvgIpc) is 2.81. The van der Waals surface area contributed by atoms with E-state index in [1.807, 2.05) is 6.07 Å². The maximum Gasteiger partial charge on any atom is 0.202 e. The summed E-state index contributed by atoms with van der Waals surface area (Å²) < 4.78 is 0. The van der Waals surface area contributed by atoms with E-state index < -0.39 is 23.8 Å². The highest BCUT2D eigenvalue weighted by atomic mass is 16.4. The van der Waals surface area contributed by atoms with Gasteiger partial charge < -0.3 is 15.3 Å². The number of aliphatic hydroxyl groups excluding tert-OH is 2. The van der Waals surface area contributed by atoms with Gasteiger partial charge in [-0.15, -0.1) is 0 Å². The van der Waals surface area contributed by atoms with E-state index in [1.165, 1.54) is 6.08 Å². The molecule has 1 unspecified atom stereocenters. The second kappa shape index (κ2) is 17.2. The predicted octanol–water partition coefficient (Wildman–Crippen LogP) is 6.47. The van der Waals surface area contributed by atoms with Crippen LogP contribution >= 0.6 is 0 Å². The Bertz CT molecular complexity index is 746. The maximum absolute atomic E-state index is 12.4. The third-order valence-corrected chi connectivity index (χ3v) is 5.27. The molecule has 4 heteroatoms. The molecule has 1 aromatic carbocycles. The Balaban J connectivity index is 2.21. The fourth-order valence-corrected chi connectivity index (χ4v) is 3.25. The molecule has 0 radical (unpaired) electrons. The van der Waals surface area contributed by atoms with Gasteiger partial charge in [0.25, 0.3) is 0 Å². The van der Waals surface area contributed by atoms with Gasteiger partial charge in [-0.05, 0) is 50.2 Å². The van der Waals surface area contributed by atoms with Gasteiger partial charge in [-0.3, -0.25) is 4.79 Å². The van der Waals surface area contributed by atoms with Crippen LogP contribution in [0.5, 0.6) is 0 Å². The van der Waals surface area contributed by atoms with Crippen LogP contribution in [0.4, 0.5) is 0 Å². The van der Waals surface area contributed by atoms with Crippen LogP contribution in [0, 0.1) is 0 Å². The molecule has 0 aliphatic carbocycles. The first kappa shape index (κ1) is 27.6. The molecule has 176 valence electrons. The largest absolute Gasteiger partial charge is 0.509 e. The Kier molecular flexibility index (Phi) is 14.8. The molecule has 0 saturated heterocycles. The van der Waals surface area contributed by atoms with Crippen LogP contribution in [-0.2, 0) is 4.79 Å². The minimum absolute atomic E-state index is 0.128. The van der Waals surface area contributed by atoms with Crippen molar-refractivity contribution in [1.82, 2.24) is 0 Å². The molecule has 3 N–H and O–H groups in total. The first-order valence-electron chi connectivity index (χ1n) is 11.8. The van der Waals surface area contributed by atoms with Gasteiger partial charge >= 0.3 is 0 Å². The number of aliphatic hydroxyl groups is 3. The SMILES string of the molecule is CC/C=C\C/C=C\C/C=C\CCCCCCCC(=O)C(O)(CO)/C(O)=C/c1ccccc1. The standard InChI is InChI=1S/C28H40O4/c1-2-3-4-5-6-7-8-9-10-11-12-13-14-15-19-22-26(30)28(32,24-29)27(31)23-25-20-17-16-18-21-25/h3-4,6-7,9-10,16-18,20-21,23,29,31-32H,2,5,8,11-15,19,22,24H2,1H3/b4-3-,7-6-,10-9-,27-23-. The summed E-state index contributed by atoms with van der Waals surface area (Å²) in [5, 5.41) is 30.3. The van der Waals surface area contributed by atoms with Crippen molar-refractivity contribution in [2.75, 3.05) is 6.61 Å². The minimum Gasteiger partial charge on any atom is -0.509 e. The van der Waals surface area contributed by atoms with Crippen LogP contribution in [0.2, 0.25) is 0 Å². The van der Waals surface area contributed by atoms with Crippen molar-refractivity contribution >= 4 is 11.9 Å². The molecule has 32 heavy (non-hydrogen) atoms. The van der Waals surface area contributed by atoms with Crippen molar-refractivity contribution in [3.05, 3.63) is 78.1 Å². The molecular weight excluding hydrogens is 400 g/mol. The van der Waals surface area contributed by atoms with E-state index in [0.717, 1.165) is 51.4 Å². The van der Waals surface area contributed by atoms with E-state index in [1.54, 1.807) is 24.3 Å². The zero-order valence-corrected chi connectivity index (χ0v) is 19.5. The van der Waals surface area contributed by atoms with Gasteiger partial charge in [-0.2, -0.15) is 0 Å². The number of hydrogen-bond donors (Lipinski definition) is 3. The van der Waals surface area contributed by atoms with Gasteiger partial charge in [0, 0.05) is 6.42 Å². The van der Waals surface area contributed by atoms with Gasteiger partial charge in [0.05, 0.1) is 6.61 Å². The third kappa shape index (κ3) is 11.3. The van der Waals surface area contributed by atoms with E-state index >= 15 is 0 Å². The van der Waals surface area contributed by atoms with E-state index in [9.17, 15) is 20.1 Å². The van der Waals surface area contributed by atoms with E-state index in [2.05, 4.69) is 43.4 Å². The van der Waals surface area contributed by atoms with Crippen molar-refractivity contribution in [1.29, 1.82) is 0 Å². The summed E-state index contributed by atoms with van der Waals surface area (Å²) in [6.07, 6.45) is 23.5. The number of carbonyl (C=O) groups excluding carboxylic acids is 1. The van der Waals surface area contributed by atoms with Gasteiger partial charge in [0.2, 0.25) is 5.60 Å². The molecular formula is C28H40O4. The van der Waals surface area contributed by atoms with Crippen LogP contribution in [0.3, 0.4) is 0 Å². The number of benzene rings is 1. The second-order valence-electron chi connectivity index (χ2n) is 7.98. The average molecular weight is 441 g/mol. The number of ketones is 1. The normalized spacial score (nSPS) is 14.5. The summed E-state index contributed by atoms with van der Waals surface area (Å²) >= 11 is 0. The molecule has 1 atom stereocenters. The molecule has 1 rings (SSSR count). The molecule has 0 amide bonds. The molecule has 0 bridgehead atoms. The van der Waals surface area contributed by atoms with Crippen LogP contribution in [0.1, 0.15) is 76.7 Å². The number of rotatable bonds is 17. The lowest BCUT2D eigenvalue weighted by Gasteiger charge is -2.23. The molecule has 0 aliphatic rings. The summed E-state index contributed by atoms with van der Waals surface area (Å²) in [5.41, 5.74) is -1.58. The summed E-state index contributed by atoms with van der Waals surface area (Å²) in [4.78, 5) is 12.4. The van der Waals surface area contributed by atoms with Crippen molar-refractivity contribution in [3.8, 4) is 0 Å². The topological polar surface area (TPSA) is 77.8 Å². The fraction of sp³-hybridized carbons (Fsp3) is 0.464. The molecule has 0 aliphatic heterocycles. The lowest BCUT2D eigenvalue weighted by atomic mass is 9.91. The van der Waals surface area contributed by atoms with Crippen molar-refractivity contribution < 1.29 is 20.1 Å². The molecule has 0 spiro atoms. The Morgan fingerprint density at radius 1 is 0.875 bits per heavy atom. The van der Waals surface area contributed by atoms with E-state index in [4.69, 9.17) is 0 Å². The molecule has 1 aromatic rings. The predicted molar refractivity (Wildman–Crippen MR) is 133 cm³/mol. The van der Waals surface area contributed by atoms with Crippen LogP contribution in [-0.4, -0.2) is 33.3 Å².